The standard InChI is InChI=1S/C21H19N3O4/c1-14-6-7-15(2)17(10-14)13-23-12-16(8-9-20(23)25)21(26)22-18-4-3-5-19(11-18)24(27)28/h3-12H,13H2,1-2H3,(H,22,26). The number of nitrogens with zero attached hydrogens (tertiary/aromatic N) is 2. The number of pyridine rings is 1. The third-order valence-corrected chi connectivity index (χ3v) is 4.41. The average Bonchev–Trinajstić information content (AvgIpc) is 2.66. The smallest absolute Gasteiger partial charge is 0.271 e. The average molecular weight is 377 g/mol. The molecular weight excluding hydrogens is 358 g/mol. The number of benzene rings is 2. The van der Waals surface area contributed by atoms with E-state index in [0.717, 1.165) is 16.7 Å². The van der Waals surface area contributed by atoms with Gasteiger partial charge in [0, 0.05) is 30.1 Å². The Bertz CT molecular complexity index is 1120. The van der Waals surface area contributed by atoms with Crippen LogP contribution < -0.4 is 10.9 Å². The summed E-state index contributed by atoms with van der Waals surface area (Å²) in [5.41, 5.74) is 3.42. The lowest BCUT2D eigenvalue weighted by atomic mass is 10.1. The lowest BCUT2D eigenvalue weighted by Crippen LogP contribution is -2.23. The summed E-state index contributed by atoms with van der Waals surface area (Å²) in [5.74, 6) is -0.449. The minimum absolute atomic E-state index is 0.113. The Morgan fingerprint density at radius 3 is 2.64 bits per heavy atom. The van der Waals surface area contributed by atoms with Crippen LogP contribution in [0.5, 0.6) is 0 Å². The van der Waals surface area contributed by atoms with Crippen LogP contribution in [0, 0.1) is 24.0 Å². The van der Waals surface area contributed by atoms with Gasteiger partial charge in [0.2, 0.25) is 0 Å². The monoisotopic (exact) mass is 377 g/mol. The van der Waals surface area contributed by atoms with Gasteiger partial charge in [0.05, 0.1) is 17.0 Å². The number of carbonyl (C=O) groups is 1. The SMILES string of the molecule is Cc1ccc(C)c(Cn2cc(C(=O)Nc3cccc([N+](=O)[O-])c3)ccc2=O)c1. The van der Waals surface area contributed by atoms with E-state index in [-0.39, 0.29) is 16.8 Å². The van der Waals surface area contributed by atoms with E-state index in [0.29, 0.717) is 12.2 Å². The van der Waals surface area contributed by atoms with Crippen LogP contribution in [0.3, 0.4) is 0 Å². The third kappa shape index (κ3) is 4.32. The van der Waals surface area contributed by atoms with Crippen LogP contribution >= 0.6 is 0 Å². The zero-order valence-corrected chi connectivity index (χ0v) is 15.5. The zero-order valence-electron chi connectivity index (χ0n) is 15.5. The molecule has 1 heterocycles. The Hall–Kier alpha value is -3.74. The van der Waals surface area contributed by atoms with Gasteiger partial charge < -0.3 is 9.88 Å². The predicted octanol–water partition coefficient (Wildman–Crippen LogP) is 3.67. The molecule has 0 aliphatic carbocycles. The largest absolute Gasteiger partial charge is 0.322 e. The van der Waals surface area contributed by atoms with Crippen molar-refractivity contribution in [3.63, 3.8) is 0 Å². The molecule has 1 amide bonds. The van der Waals surface area contributed by atoms with Gasteiger partial charge in [-0.2, -0.15) is 0 Å². The van der Waals surface area contributed by atoms with Crippen molar-refractivity contribution >= 4 is 17.3 Å². The van der Waals surface area contributed by atoms with E-state index < -0.39 is 10.8 Å². The molecule has 28 heavy (non-hydrogen) atoms. The second-order valence-electron chi connectivity index (χ2n) is 6.58. The maximum Gasteiger partial charge on any atom is 0.271 e. The molecule has 1 N–H and O–H groups in total. The summed E-state index contributed by atoms with van der Waals surface area (Å²) in [6.07, 6.45) is 1.50. The number of hydrogen-bond acceptors (Lipinski definition) is 4. The minimum atomic E-state index is -0.528. The van der Waals surface area contributed by atoms with Gasteiger partial charge in [-0.3, -0.25) is 19.7 Å². The van der Waals surface area contributed by atoms with Crippen LogP contribution in [-0.4, -0.2) is 15.4 Å². The first-order valence-corrected chi connectivity index (χ1v) is 8.66. The molecule has 2 aromatic carbocycles. The van der Waals surface area contributed by atoms with E-state index in [9.17, 15) is 19.7 Å². The van der Waals surface area contributed by atoms with Gasteiger partial charge >= 0.3 is 0 Å². The van der Waals surface area contributed by atoms with Crippen LogP contribution in [-0.2, 0) is 6.54 Å². The maximum atomic E-state index is 12.5. The number of nitrogens with one attached hydrogen (secondary N) is 1. The molecule has 0 atom stereocenters. The topological polar surface area (TPSA) is 94.2 Å². The van der Waals surface area contributed by atoms with Crippen molar-refractivity contribution in [3.8, 4) is 0 Å². The van der Waals surface area contributed by atoms with Crippen molar-refractivity contribution in [3.05, 3.63) is 104 Å². The fourth-order valence-corrected chi connectivity index (χ4v) is 2.84. The van der Waals surface area contributed by atoms with Gasteiger partial charge in [-0.05, 0) is 37.1 Å². The Morgan fingerprint density at radius 2 is 1.89 bits per heavy atom. The molecule has 0 aliphatic heterocycles. The first kappa shape index (κ1) is 19.0. The van der Waals surface area contributed by atoms with Gasteiger partial charge in [-0.25, -0.2) is 0 Å². The van der Waals surface area contributed by atoms with E-state index in [2.05, 4.69) is 5.32 Å². The highest BCUT2D eigenvalue weighted by molar-refractivity contribution is 6.04. The Morgan fingerprint density at radius 1 is 1.11 bits per heavy atom. The van der Waals surface area contributed by atoms with Crippen molar-refractivity contribution in [2.24, 2.45) is 0 Å². The van der Waals surface area contributed by atoms with Gasteiger partial charge in [-0.1, -0.05) is 29.8 Å². The number of hydrogen-bond donors (Lipinski definition) is 1. The summed E-state index contributed by atoms with van der Waals surface area (Å²) in [6, 6.07) is 14.5. The number of nitro groups is 1. The highest BCUT2D eigenvalue weighted by Crippen LogP contribution is 2.18. The van der Waals surface area contributed by atoms with E-state index in [1.807, 2.05) is 32.0 Å². The number of rotatable bonds is 5. The van der Waals surface area contributed by atoms with Gasteiger partial charge in [0.15, 0.2) is 0 Å². The first-order chi connectivity index (χ1) is 13.3. The lowest BCUT2D eigenvalue weighted by Gasteiger charge is -2.11. The van der Waals surface area contributed by atoms with E-state index in [1.165, 1.54) is 41.1 Å². The Labute approximate surface area is 161 Å². The number of amides is 1. The molecular formula is C21H19N3O4. The molecule has 0 saturated heterocycles. The van der Waals surface area contributed by atoms with E-state index >= 15 is 0 Å². The minimum Gasteiger partial charge on any atom is -0.322 e. The highest BCUT2D eigenvalue weighted by atomic mass is 16.6. The fourth-order valence-electron chi connectivity index (χ4n) is 2.84. The molecule has 0 radical (unpaired) electrons. The normalized spacial score (nSPS) is 10.5. The second-order valence-corrected chi connectivity index (χ2v) is 6.58. The first-order valence-electron chi connectivity index (χ1n) is 8.66. The van der Waals surface area contributed by atoms with E-state index in [1.54, 1.807) is 6.07 Å². The molecule has 0 unspecified atom stereocenters. The number of aromatic nitrogens is 1. The fraction of sp³-hybridized carbons (Fsp3) is 0.143. The lowest BCUT2D eigenvalue weighted by molar-refractivity contribution is -0.384. The van der Waals surface area contributed by atoms with Crippen molar-refractivity contribution in [1.29, 1.82) is 0 Å². The Balaban J connectivity index is 1.85. The van der Waals surface area contributed by atoms with Crippen LogP contribution in [0.25, 0.3) is 0 Å². The van der Waals surface area contributed by atoms with E-state index in [4.69, 9.17) is 0 Å². The van der Waals surface area contributed by atoms with Gasteiger partial charge in [-0.15, -0.1) is 0 Å². The Kier molecular flexibility index (Phi) is 5.35. The number of nitro benzene ring substituents is 1. The number of aryl methyl sites for hydroxylation is 2. The van der Waals surface area contributed by atoms with Crippen LogP contribution in [0.15, 0.2) is 65.6 Å². The zero-order chi connectivity index (χ0) is 20.3. The van der Waals surface area contributed by atoms with Crippen LogP contribution in [0.2, 0.25) is 0 Å². The predicted molar refractivity (Wildman–Crippen MR) is 107 cm³/mol. The van der Waals surface area contributed by atoms with Gasteiger partial charge in [0.1, 0.15) is 0 Å². The summed E-state index contributed by atoms with van der Waals surface area (Å²) >= 11 is 0. The summed E-state index contributed by atoms with van der Waals surface area (Å²) in [7, 11) is 0. The van der Waals surface area contributed by atoms with Crippen molar-refractivity contribution in [1.82, 2.24) is 4.57 Å². The maximum absolute atomic E-state index is 12.5. The molecule has 0 fully saturated rings. The molecule has 142 valence electrons. The summed E-state index contributed by atoms with van der Waals surface area (Å²) in [5, 5.41) is 13.5. The number of non-ortho nitro benzene ring substituents is 1. The van der Waals surface area contributed by atoms with Gasteiger partial charge in [0.25, 0.3) is 17.2 Å². The number of anilines is 1. The highest BCUT2D eigenvalue weighted by Gasteiger charge is 2.12. The quantitative estimate of drug-likeness (QED) is 0.542. The molecule has 1 aromatic heterocycles. The third-order valence-electron chi connectivity index (χ3n) is 4.41. The molecule has 3 rings (SSSR count). The van der Waals surface area contributed by atoms with Crippen molar-refractivity contribution < 1.29 is 9.72 Å². The molecule has 0 saturated carbocycles. The molecule has 7 heteroatoms. The molecule has 0 aliphatic rings. The molecule has 3 aromatic rings. The van der Waals surface area contributed by atoms with Crippen molar-refractivity contribution in [2.75, 3.05) is 5.32 Å². The summed E-state index contributed by atoms with van der Waals surface area (Å²) in [6.45, 7) is 4.30. The molecule has 0 spiro atoms. The molecule has 7 nitrogen and oxygen atoms in total. The van der Waals surface area contributed by atoms with Crippen molar-refractivity contribution in [2.45, 2.75) is 20.4 Å². The summed E-state index contributed by atoms with van der Waals surface area (Å²) in [4.78, 5) is 35.1. The summed E-state index contributed by atoms with van der Waals surface area (Å²) < 4.78 is 1.48. The van der Waals surface area contributed by atoms with Crippen LogP contribution in [0.1, 0.15) is 27.0 Å². The number of carbonyl (C=O) groups excluding carboxylic acids is 1. The van der Waals surface area contributed by atoms with Crippen LogP contribution in [0.4, 0.5) is 11.4 Å². The second kappa shape index (κ2) is 7.87. The molecule has 0 bridgehead atoms.